The molecule has 1 unspecified atom stereocenters. The number of amides is 1. The quantitative estimate of drug-likeness (QED) is 0.630. The topological polar surface area (TPSA) is 74.6 Å². The van der Waals surface area contributed by atoms with Crippen LogP contribution in [0.1, 0.15) is 0 Å². The Morgan fingerprint density at radius 3 is 3.19 bits per heavy atom. The summed E-state index contributed by atoms with van der Waals surface area (Å²) in [5, 5.41) is 12.0. The summed E-state index contributed by atoms with van der Waals surface area (Å²) in [5.41, 5.74) is 0. The Hall–Kier alpha value is -1.74. The molecule has 0 aromatic rings. The average molecular weight is 223 g/mol. The van der Waals surface area contributed by atoms with E-state index in [0.717, 1.165) is 0 Å². The van der Waals surface area contributed by atoms with Crippen molar-refractivity contribution in [3.8, 4) is 6.07 Å². The van der Waals surface area contributed by atoms with E-state index in [-0.39, 0.29) is 11.7 Å². The lowest BCUT2D eigenvalue weighted by Gasteiger charge is -2.32. The van der Waals surface area contributed by atoms with E-state index in [1.54, 1.807) is 0 Å². The lowest BCUT2D eigenvalue weighted by molar-refractivity contribution is -0.134. The van der Waals surface area contributed by atoms with E-state index in [9.17, 15) is 4.79 Å². The molecule has 0 aromatic carbocycles. The molecular formula is C10H13N3O3. The maximum atomic E-state index is 12.0. The number of hydrogen-bond donors (Lipinski definition) is 1. The first-order valence-corrected chi connectivity index (χ1v) is 5.19. The molecule has 0 spiro atoms. The predicted molar refractivity (Wildman–Crippen MR) is 54.0 cm³/mol. The van der Waals surface area contributed by atoms with Gasteiger partial charge in [-0.2, -0.15) is 5.26 Å². The molecule has 2 aliphatic heterocycles. The van der Waals surface area contributed by atoms with Gasteiger partial charge < -0.3 is 19.7 Å². The van der Waals surface area contributed by atoms with Crippen LogP contribution in [0, 0.1) is 11.3 Å². The van der Waals surface area contributed by atoms with E-state index in [2.05, 4.69) is 11.4 Å². The smallest absolute Gasteiger partial charge is 0.293 e. The van der Waals surface area contributed by atoms with Gasteiger partial charge in [-0.3, -0.25) is 4.79 Å². The Morgan fingerprint density at radius 2 is 2.50 bits per heavy atom. The van der Waals surface area contributed by atoms with Crippen molar-refractivity contribution in [3.63, 3.8) is 0 Å². The fourth-order valence-corrected chi connectivity index (χ4v) is 1.68. The molecular weight excluding hydrogens is 210 g/mol. The number of hydrogen-bond acceptors (Lipinski definition) is 5. The van der Waals surface area contributed by atoms with Crippen LogP contribution >= 0.6 is 0 Å². The summed E-state index contributed by atoms with van der Waals surface area (Å²) in [4.78, 5) is 13.5. The lowest BCUT2D eigenvalue weighted by Crippen LogP contribution is -2.53. The van der Waals surface area contributed by atoms with Gasteiger partial charge in [0.2, 0.25) is 5.76 Å². The third-order valence-corrected chi connectivity index (χ3v) is 2.51. The van der Waals surface area contributed by atoms with Crippen molar-refractivity contribution in [2.45, 2.75) is 6.04 Å². The molecule has 1 fully saturated rings. The molecule has 0 saturated carbocycles. The zero-order valence-corrected chi connectivity index (χ0v) is 8.81. The molecule has 1 N–H and O–H groups in total. The summed E-state index contributed by atoms with van der Waals surface area (Å²) in [7, 11) is 0. The van der Waals surface area contributed by atoms with E-state index in [4.69, 9.17) is 14.7 Å². The van der Waals surface area contributed by atoms with Crippen molar-refractivity contribution in [1.29, 1.82) is 5.26 Å². The molecule has 6 nitrogen and oxygen atoms in total. The maximum absolute atomic E-state index is 12.0. The minimum Gasteiger partial charge on any atom is -0.494 e. The molecule has 2 aliphatic rings. The largest absolute Gasteiger partial charge is 0.494 e. The minimum atomic E-state index is -0.437. The number of nitrogens with one attached hydrogen (secondary N) is 1. The van der Waals surface area contributed by atoms with Crippen molar-refractivity contribution in [1.82, 2.24) is 10.2 Å². The van der Waals surface area contributed by atoms with Gasteiger partial charge >= 0.3 is 0 Å². The number of rotatable bonds is 1. The molecule has 2 heterocycles. The number of nitrogens with zero attached hydrogens (tertiary/aromatic N) is 2. The van der Waals surface area contributed by atoms with Crippen LogP contribution in [0.4, 0.5) is 0 Å². The van der Waals surface area contributed by atoms with Crippen molar-refractivity contribution in [2.24, 2.45) is 0 Å². The van der Waals surface area contributed by atoms with Crippen molar-refractivity contribution >= 4 is 5.91 Å². The normalized spacial score (nSPS) is 24.8. The molecule has 16 heavy (non-hydrogen) atoms. The van der Waals surface area contributed by atoms with Crippen LogP contribution in [-0.2, 0) is 14.3 Å². The van der Waals surface area contributed by atoms with Crippen LogP contribution in [0.2, 0.25) is 0 Å². The van der Waals surface area contributed by atoms with Gasteiger partial charge in [0.15, 0.2) is 0 Å². The van der Waals surface area contributed by atoms with Crippen molar-refractivity contribution < 1.29 is 14.3 Å². The van der Waals surface area contributed by atoms with Crippen LogP contribution in [-0.4, -0.2) is 49.7 Å². The fraction of sp³-hybridized carbons (Fsp3) is 0.600. The number of carbonyl (C=O) groups is 1. The first-order chi connectivity index (χ1) is 7.83. The summed E-state index contributed by atoms with van der Waals surface area (Å²) in [6, 6.07) is 1.66. The van der Waals surface area contributed by atoms with Gasteiger partial charge in [0.1, 0.15) is 25.5 Å². The minimum absolute atomic E-state index is 0.188. The Kier molecular flexibility index (Phi) is 3.27. The number of ether oxygens (including phenoxy) is 2. The molecule has 86 valence electrons. The van der Waals surface area contributed by atoms with E-state index in [1.807, 2.05) is 0 Å². The van der Waals surface area contributed by atoms with Gasteiger partial charge in [0.05, 0.1) is 6.07 Å². The van der Waals surface area contributed by atoms with Gasteiger partial charge in [0.25, 0.3) is 5.91 Å². The molecule has 1 saturated heterocycles. The molecule has 0 bridgehead atoms. The molecule has 1 atom stereocenters. The third-order valence-electron chi connectivity index (χ3n) is 2.51. The fourth-order valence-electron chi connectivity index (χ4n) is 1.68. The molecule has 6 heteroatoms. The standard InChI is InChI=1S/C10H13N3O3/c11-5-8-6-12-1-2-13(8)10(14)9-7-15-3-4-16-9/h7-8,12H,1-4,6H2. The average Bonchev–Trinajstić information content (AvgIpc) is 2.39. The highest BCUT2D eigenvalue weighted by Gasteiger charge is 2.30. The Bertz CT molecular complexity index is 348. The first-order valence-electron chi connectivity index (χ1n) is 5.19. The van der Waals surface area contributed by atoms with Gasteiger partial charge in [-0.25, -0.2) is 0 Å². The van der Waals surface area contributed by atoms with E-state index in [0.29, 0.717) is 32.8 Å². The predicted octanol–water partition coefficient (Wildman–Crippen LogP) is -0.801. The summed E-state index contributed by atoms with van der Waals surface area (Å²) in [6.07, 6.45) is 1.32. The van der Waals surface area contributed by atoms with Crippen molar-refractivity contribution in [3.05, 3.63) is 12.0 Å². The van der Waals surface area contributed by atoms with Crippen LogP contribution in [0.25, 0.3) is 0 Å². The van der Waals surface area contributed by atoms with E-state index >= 15 is 0 Å². The second kappa shape index (κ2) is 4.86. The highest BCUT2D eigenvalue weighted by Crippen LogP contribution is 2.12. The Morgan fingerprint density at radius 1 is 1.62 bits per heavy atom. The Labute approximate surface area is 93.4 Å². The van der Waals surface area contributed by atoms with Gasteiger partial charge in [-0.05, 0) is 0 Å². The highest BCUT2D eigenvalue weighted by molar-refractivity contribution is 5.91. The summed E-state index contributed by atoms with van der Waals surface area (Å²) < 4.78 is 10.2. The van der Waals surface area contributed by atoms with Crippen LogP contribution in [0.3, 0.4) is 0 Å². The monoisotopic (exact) mass is 223 g/mol. The number of nitriles is 1. The second-order valence-corrected chi connectivity index (χ2v) is 3.55. The second-order valence-electron chi connectivity index (χ2n) is 3.55. The van der Waals surface area contributed by atoms with Gasteiger partial charge in [-0.1, -0.05) is 0 Å². The van der Waals surface area contributed by atoms with Crippen LogP contribution < -0.4 is 5.32 Å². The third kappa shape index (κ3) is 2.09. The number of carbonyl (C=O) groups excluding carboxylic acids is 1. The summed E-state index contributed by atoms with van der Waals surface area (Å²) >= 11 is 0. The molecule has 1 amide bonds. The molecule has 2 rings (SSSR count). The van der Waals surface area contributed by atoms with E-state index in [1.165, 1.54) is 11.2 Å². The Balaban J connectivity index is 2.07. The zero-order valence-electron chi connectivity index (χ0n) is 8.81. The number of piperazine rings is 1. The van der Waals surface area contributed by atoms with Gasteiger partial charge in [-0.15, -0.1) is 0 Å². The zero-order chi connectivity index (χ0) is 11.4. The summed E-state index contributed by atoms with van der Waals surface area (Å²) in [6.45, 7) is 2.53. The van der Waals surface area contributed by atoms with Crippen LogP contribution in [0.5, 0.6) is 0 Å². The SMILES string of the molecule is N#CC1CNCCN1C(=O)C1=COCCO1. The first kappa shape index (κ1) is 10.8. The maximum Gasteiger partial charge on any atom is 0.293 e. The van der Waals surface area contributed by atoms with Crippen molar-refractivity contribution in [2.75, 3.05) is 32.8 Å². The van der Waals surface area contributed by atoms with Gasteiger partial charge in [0, 0.05) is 19.6 Å². The molecule has 0 aliphatic carbocycles. The van der Waals surface area contributed by atoms with E-state index < -0.39 is 6.04 Å². The lowest BCUT2D eigenvalue weighted by atomic mass is 10.2. The van der Waals surface area contributed by atoms with Crippen LogP contribution in [0.15, 0.2) is 12.0 Å². The highest BCUT2D eigenvalue weighted by atomic mass is 16.6. The summed E-state index contributed by atoms with van der Waals surface area (Å²) in [5.74, 6) is -0.0823. The molecule has 0 radical (unpaired) electrons. The molecule has 0 aromatic heterocycles.